The van der Waals surface area contributed by atoms with Gasteiger partial charge in [0, 0.05) is 12.8 Å². The lowest BCUT2D eigenvalue weighted by Gasteiger charge is -2.39. The van der Waals surface area contributed by atoms with Crippen LogP contribution in [0.2, 0.25) is 0 Å². The number of aliphatic hydroxyl groups is 1. The SMILES string of the molecule is CC(C)C1CC(O)(c2ccc(OC3CC3)cc2)CCO1. The average Bonchev–Trinajstić information content (AvgIpc) is 3.23. The van der Waals surface area contributed by atoms with E-state index in [4.69, 9.17) is 9.47 Å². The van der Waals surface area contributed by atoms with Crippen molar-refractivity contribution in [2.75, 3.05) is 6.61 Å². The van der Waals surface area contributed by atoms with Crippen molar-refractivity contribution in [3.63, 3.8) is 0 Å². The molecule has 3 nitrogen and oxygen atoms in total. The van der Waals surface area contributed by atoms with Gasteiger partial charge in [0.25, 0.3) is 0 Å². The Hall–Kier alpha value is -1.06. The predicted octanol–water partition coefficient (Wildman–Crippen LogP) is 3.25. The third-order valence-electron chi connectivity index (χ3n) is 4.35. The van der Waals surface area contributed by atoms with Crippen LogP contribution in [0, 0.1) is 5.92 Å². The van der Waals surface area contributed by atoms with Crippen LogP contribution in [0.4, 0.5) is 0 Å². The quantitative estimate of drug-likeness (QED) is 0.917. The Morgan fingerprint density at radius 1 is 1.25 bits per heavy atom. The largest absolute Gasteiger partial charge is 0.490 e. The van der Waals surface area contributed by atoms with Crippen LogP contribution in [0.15, 0.2) is 24.3 Å². The Bertz CT molecular complexity index is 450. The number of hydrogen-bond acceptors (Lipinski definition) is 3. The van der Waals surface area contributed by atoms with Crippen LogP contribution in [0.5, 0.6) is 5.75 Å². The van der Waals surface area contributed by atoms with Gasteiger partial charge in [-0.25, -0.2) is 0 Å². The average molecular weight is 276 g/mol. The summed E-state index contributed by atoms with van der Waals surface area (Å²) in [5, 5.41) is 10.9. The molecule has 0 radical (unpaired) electrons. The highest BCUT2D eigenvalue weighted by molar-refractivity contribution is 5.31. The molecule has 1 saturated carbocycles. The highest BCUT2D eigenvalue weighted by Gasteiger charge is 2.37. The summed E-state index contributed by atoms with van der Waals surface area (Å²) >= 11 is 0. The minimum Gasteiger partial charge on any atom is -0.490 e. The first kappa shape index (κ1) is 13.9. The molecule has 1 aromatic rings. The van der Waals surface area contributed by atoms with E-state index in [0.29, 0.717) is 31.5 Å². The molecular formula is C17H24O3. The predicted molar refractivity (Wildman–Crippen MR) is 77.8 cm³/mol. The lowest BCUT2D eigenvalue weighted by Crippen LogP contribution is -2.40. The van der Waals surface area contributed by atoms with E-state index >= 15 is 0 Å². The number of rotatable bonds is 4. The van der Waals surface area contributed by atoms with E-state index in [1.165, 1.54) is 12.8 Å². The Labute approximate surface area is 120 Å². The zero-order valence-corrected chi connectivity index (χ0v) is 12.3. The molecule has 1 aliphatic carbocycles. The van der Waals surface area contributed by atoms with E-state index in [1.807, 2.05) is 24.3 Å². The van der Waals surface area contributed by atoms with Crippen molar-refractivity contribution in [2.45, 2.75) is 57.3 Å². The van der Waals surface area contributed by atoms with Crippen LogP contribution < -0.4 is 4.74 Å². The van der Waals surface area contributed by atoms with Crippen molar-refractivity contribution < 1.29 is 14.6 Å². The van der Waals surface area contributed by atoms with E-state index in [-0.39, 0.29) is 6.10 Å². The summed E-state index contributed by atoms with van der Waals surface area (Å²) in [4.78, 5) is 0. The minimum atomic E-state index is -0.759. The van der Waals surface area contributed by atoms with Gasteiger partial charge in [-0.05, 0) is 36.5 Å². The van der Waals surface area contributed by atoms with Crippen molar-refractivity contribution in [2.24, 2.45) is 5.92 Å². The second-order valence-electron chi connectivity index (χ2n) is 6.48. The Morgan fingerprint density at radius 2 is 1.95 bits per heavy atom. The fraction of sp³-hybridized carbons (Fsp3) is 0.647. The molecular weight excluding hydrogens is 252 g/mol. The molecule has 2 fully saturated rings. The molecule has 0 spiro atoms. The molecule has 1 aromatic carbocycles. The fourth-order valence-electron chi connectivity index (χ4n) is 2.79. The van der Waals surface area contributed by atoms with Gasteiger partial charge in [-0.1, -0.05) is 26.0 Å². The molecule has 2 aliphatic rings. The van der Waals surface area contributed by atoms with Crippen LogP contribution in [0.3, 0.4) is 0 Å². The van der Waals surface area contributed by atoms with E-state index < -0.39 is 5.60 Å². The number of ether oxygens (including phenoxy) is 2. The lowest BCUT2D eigenvalue weighted by atomic mass is 9.81. The maximum atomic E-state index is 10.9. The van der Waals surface area contributed by atoms with E-state index in [0.717, 1.165) is 11.3 Å². The first-order chi connectivity index (χ1) is 9.57. The fourth-order valence-corrected chi connectivity index (χ4v) is 2.79. The standard InChI is InChI=1S/C17H24O3/c1-12(2)16-11-17(18,9-10-19-16)13-3-5-14(6-4-13)20-15-7-8-15/h3-6,12,15-16,18H,7-11H2,1-2H3. The van der Waals surface area contributed by atoms with Crippen LogP contribution >= 0.6 is 0 Å². The topological polar surface area (TPSA) is 38.7 Å². The van der Waals surface area contributed by atoms with Crippen molar-refractivity contribution >= 4 is 0 Å². The van der Waals surface area contributed by atoms with Crippen molar-refractivity contribution in [1.82, 2.24) is 0 Å². The van der Waals surface area contributed by atoms with Gasteiger partial charge in [-0.2, -0.15) is 0 Å². The molecule has 0 amide bonds. The molecule has 0 aromatic heterocycles. The molecule has 3 rings (SSSR count). The molecule has 20 heavy (non-hydrogen) atoms. The Balaban J connectivity index is 1.72. The molecule has 2 atom stereocenters. The zero-order valence-electron chi connectivity index (χ0n) is 12.3. The van der Waals surface area contributed by atoms with Crippen molar-refractivity contribution in [1.29, 1.82) is 0 Å². The van der Waals surface area contributed by atoms with Gasteiger partial charge < -0.3 is 14.6 Å². The zero-order chi connectivity index (χ0) is 14.2. The summed E-state index contributed by atoms with van der Waals surface area (Å²) in [6.07, 6.45) is 4.22. The summed E-state index contributed by atoms with van der Waals surface area (Å²) in [5.74, 6) is 1.34. The van der Waals surface area contributed by atoms with Gasteiger partial charge in [0.05, 0.1) is 24.4 Å². The second kappa shape index (κ2) is 5.38. The van der Waals surface area contributed by atoms with Crippen LogP contribution in [-0.2, 0) is 10.3 Å². The van der Waals surface area contributed by atoms with Gasteiger partial charge in [-0.15, -0.1) is 0 Å². The highest BCUT2D eigenvalue weighted by Crippen LogP contribution is 2.37. The van der Waals surface area contributed by atoms with E-state index in [1.54, 1.807) is 0 Å². The normalized spacial score (nSPS) is 30.5. The molecule has 1 saturated heterocycles. The maximum absolute atomic E-state index is 10.9. The summed E-state index contributed by atoms with van der Waals surface area (Å²) < 4.78 is 11.5. The third-order valence-corrected chi connectivity index (χ3v) is 4.35. The number of hydrogen-bond donors (Lipinski definition) is 1. The Morgan fingerprint density at radius 3 is 2.55 bits per heavy atom. The van der Waals surface area contributed by atoms with Gasteiger partial charge >= 0.3 is 0 Å². The number of benzene rings is 1. The monoisotopic (exact) mass is 276 g/mol. The lowest BCUT2D eigenvalue weighted by molar-refractivity contribution is -0.121. The molecule has 1 aliphatic heterocycles. The highest BCUT2D eigenvalue weighted by atomic mass is 16.5. The van der Waals surface area contributed by atoms with Crippen molar-refractivity contribution in [3.8, 4) is 5.75 Å². The van der Waals surface area contributed by atoms with Crippen LogP contribution in [-0.4, -0.2) is 23.9 Å². The second-order valence-corrected chi connectivity index (χ2v) is 6.48. The third kappa shape index (κ3) is 2.99. The van der Waals surface area contributed by atoms with Crippen LogP contribution in [0.1, 0.15) is 45.1 Å². The maximum Gasteiger partial charge on any atom is 0.119 e. The summed E-state index contributed by atoms with van der Waals surface area (Å²) in [6, 6.07) is 7.96. The van der Waals surface area contributed by atoms with E-state index in [2.05, 4.69) is 13.8 Å². The molecule has 0 bridgehead atoms. The first-order valence-electron chi connectivity index (χ1n) is 7.68. The molecule has 3 heteroatoms. The van der Waals surface area contributed by atoms with Crippen molar-refractivity contribution in [3.05, 3.63) is 29.8 Å². The van der Waals surface area contributed by atoms with Gasteiger partial charge in [-0.3, -0.25) is 0 Å². The summed E-state index contributed by atoms with van der Waals surface area (Å²) in [5.41, 5.74) is 0.222. The molecule has 2 unspecified atom stereocenters. The van der Waals surface area contributed by atoms with Crippen LogP contribution in [0.25, 0.3) is 0 Å². The first-order valence-corrected chi connectivity index (χ1v) is 7.68. The van der Waals surface area contributed by atoms with E-state index in [9.17, 15) is 5.11 Å². The minimum absolute atomic E-state index is 0.135. The molecule has 1 heterocycles. The molecule has 1 N–H and O–H groups in total. The van der Waals surface area contributed by atoms with Gasteiger partial charge in [0.1, 0.15) is 5.75 Å². The molecule has 110 valence electrons. The smallest absolute Gasteiger partial charge is 0.119 e. The summed E-state index contributed by atoms with van der Waals surface area (Å²) in [7, 11) is 0. The van der Waals surface area contributed by atoms with Gasteiger partial charge in [0.2, 0.25) is 0 Å². The van der Waals surface area contributed by atoms with Gasteiger partial charge in [0.15, 0.2) is 0 Å². The Kier molecular flexibility index (Phi) is 3.74. The summed E-state index contributed by atoms with van der Waals surface area (Å²) in [6.45, 7) is 4.91.